The summed E-state index contributed by atoms with van der Waals surface area (Å²) in [6, 6.07) is -0.504. The molecule has 12 nitrogen and oxygen atoms in total. The van der Waals surface area contributed by atoms with Gasteiger partial charge in [-0.15, -0.1) is 0 Å². The van der Waals surface area contributed by atoms with Crippen LogP contribution < -0.4 is 5.32 Å². The molecule has 236 valence electrons. The van der Waals surface area contributed by atoms with Gasteiger partial charge in [-0.2, -0.15) is 0 Å². The number of nitrogens with zero attached hydrogens (tertiary/aromatic N) is 5. The van der Waals surface area contributed by atoms with E-state index in [1.807, 2.05) is 34.6 Å². The molecule has 1 aromatic rings. The fourth-order valence-electron chi connectivity index (χ4n) is 5.50. The number of carbonyl (C=O) groups excluding carboxylic acids is 2. The normalized spacial score (nSPS) is 20.9. The van der Waals surface area contributed by atoms with Gasteiger partial charge in [0.05, 0.1) is 17.6 Å². The number of anilines is 1. The van der Waals surface area contributed by atoms with Gasteiger partial charge in [0.15, 0.2) is 0 Å². The second-order valence-electron chi connectivity index (χ2n) is 13.4. The van der Waals surface area contributed by atoms with Gasteiger partial charge in [0.2, 0.25) is 5.91 Å². The third kappa shape index (κ3) is 8.76. The minimum absolute atomic E-state index is 0.0803. The minimum atomic E-state index is -1.12. The largest absolute Gasteiger partial charge is 0.465 e. The summed E-state index contributed by atoms with van der Waals surface area (Å²) in [7, 11) is 1.64. The Balaban J connectivity index is 1.93. The van der Waals surface area contributed by atoms with E-state index in [-0.39, 0.29) is 36.2 Å². The van der Waals surface area contributed by atoms with Crippen LogP contribution in [0.25, 0.3) is 0 Å². The summed E-state index contributed by atoms with van der Waals surface area (Å²) in [5.41, 5.74) is -0.822. The molecule has 0 spiro atoms. The smallest absolute Gasteiger partial charge is 0.407 e. The van der Waals surface area contributed by atoms with Gasteiger partial charge in [-0.1, -0.05) is 34.6 Å². The van der Waals surface area contributed by atoms with Crippen LogP contribution in [0.4, 0.5) is 10.6 Å². The maximum atomic E-state index is 14.3. The van der Waals surface area contributed by atoms with Crippen LogP contribution in [0.3, 0.4) is 0 Å². The number of hydrogen-bond donors (Lipinski definition) is 3. The Morgan fingerprint density at radius 1 is 1.19 bits per heavy atom. The van der Waals surface area contributed by atoms with Crippen LogP contribution in [0.2, 0.25) is 0 Å². The number of likely N-dealkylation sites (tertiary alicyclic amines) is 2. The molecule has 3 N–H and O–H groups in total. The molecular formula is C30H50N6O6. The molecule has 0 radical (unpaired) electrons. The van der Waals surface area contributed by atoms with Gasteiger partial charge in [-0.25, -0.2) is 14.8 Å². The number of methoxy groups -OCH3 is 1. The zero-order valence-electron chi connectivity index (χ0n) is 26.4. The lowest BCUT2D eigenvalue weighted by molar-refractivity contribution is -0.141. The summed E-state index contributed by atoms with van der Waals surface area (Å²) in [4.78, 5) is 54.0. The lowest BCUT2D eigenvalue weighted by Gasteiger charge is -2.44. The van der Waals surface area contributed by atoms with Gasteiger partial charge < -0.3 is 35.0 Å². The van der Waals surface area contributed by atoms with E-state index in [1.165, 1.54) is 4.90 Å². The van der Waals surface area contributed by atoms with Crippen molar-refractivity contribution < 1.29 is 29.3 Å². The van der Waals surface area contributed by atoms with Crippen molar-refractivity contribution in [3.05, 3.63) is 17.6 Å². The van der Waals surface area contributed by atoms with E-state index >= 15 is 0 Å². The van der Waals surface area contributed by atoms with Gasteiger partial charge in [-0.05, 0) is 38.5 Å². The van der Waals surface area contributed by atoms with Crippen LogP contribution in [0.5, 0.6) is 0 Å². The number of nitrogens with one attached hydrogen (secondary N) is 1. The first-order chi connectivity index (χ1) is 19.6. The molecular weight excluding hydrogens is 540 g/mol. The SMILES string of the molecule is COCCCNc1nc(C(C)(C)C)ncc1C(=O)N(CC(C)C)[C@H]1C[C@@H](C(=O)N2CCC(C)(O)CC2)CN(C(=O)O)C1. The highest BCUT2D eigenvalue weighted by molar-refractivity contribution is 5.98. The van der Waals surface area contributed by atoms with E-state index in [9.17, 15) is 24.6 Å². The predicted octanol–water partition coefficient (Wildman–Crippen LogP) is 3.06. The Labute approximate surface area is 249 Å². The Bertz CT molecular complexity index is 1090. The molecule has 12 heteroatoms. The maximum Gasteiger partial charge on any atom is 0.407 e. The zero-order valence-corrected chi connectivity index (χ0v) is 26.4. The van der Waals surface area contributed by atoms with Crippen LogP contribution in [0.15, 0.2) is 6.20 Å². The van der Waals surface area contributed by atoms with Gasteiger partial charge in [0.1, 0.15) is 17.2 Å². The highest BCUT2D eigenvalue weighted by Gasteiger charge is 2.41. The fourth-order valence-corrected chi connectivity index (χ4v) is 5.50. The number of hydrogen-bond acceptors (Lipinski definition) is 8. The maximum absolute atomic E-state index is 14.3. The number of piperidine rings is 2. The molecule has 1 aromatic heterocycles. The van der Waals surface area contributed by atoms with Crippen molar-refractivity contribution in [3.63, 3.8) is 0 Å². The van der Waals surface area contributed by atoms with E-state index < -0.39 is 23.7 Å². The predicted molar refractivity (Wildman–Crippen MR) is 160 cm³/mol. The topological polar surface area (TPSA) is 148 Å². The molecule has 0 bridgehead atoms. The second kappa shape index (κ2) is 14.0. The number of rotatable bonds is 10. The number of ether oxygens (including phenoxy) is 1. The highest BCUT2D eigenvalue weighted by atomic mass is 16.5. The van der Waals surface area contributed by atoms with Crippen LogP contribution in [0, 0.1) is 11.8 Å². The quantitative estimate of drug-likeness (QED) is 0.350. The van der Waals surface area contributed by atoms with E-state index in [2.05, 4.69) is 10.3 Å². The molecule has 3 rings (SSSR count). The van der Waals surface area contributed by atoms with E-state index in [0.717, 1.165) is 6.42 Å². The average Bonchev–Trinajstić information content (AvgIpc) is 2.92. The van der Waals surface area contributed by atoms with Crippen LogP contribution in [-0.2, 0) is 14.9 Å². The molecule has 2 aliphatic rings. The molecule has 3 heterocycles. The molecule has 0 unspecified atom stereocenters. The number of aliphatic hydroxyl groups is 1. The first-order valence-electron chi connectivity index (χ1n) is 15.0. The Kier molecular flexibility index (Phi) is 11.2. The molecule has 3 amide bonds. The second-order valence-corrected chi connectivity index (χ2v) is 13.4. The third-order valence-corrected chi connectivity index (χ3v) is 7.97. The lowest BCUT2D eigenvalue weighted by Crippen LogP contribution is -2.58. The molecule has 2 saturated heterocycles. The highest BCUT2D eigenvalue weighted by Crippen LogP contribution is 2.30. The van der Waals surface area contributed by atoms with Crippen LogP contribution in [0.1, 0.15) is 83.4 Å². The van der Waals surface area contributed by atoms with Crippen molar-refractivity contribution in [3.8, 4) is 0 Å². The monoisotopic (exact) mass is 590 g/mol. The Morgan fingerprint density at radius 3 is 2.43 bits per heavy atom. The van der Waals surface area contributed by atoms with Crippen molar-refractivity contribution in [1.29, 1.82) is 0 Å². The van der Waals surface area contributed by atoms with Crippen molar-refractivity contribution in [1.82, 2.24) is 24.7 Å². The van der Waals surface area contributed by atoms with Crippen LogP contribution in [-0.4, -0.2) is 117 Å². The van der Waals surface area contributed by atoms with Crippen molar-refractivity contribution in [2.45, 2.75) is 84.3 Å². The number of amides is 3. The molecule has 2 aliphatic heterocycles. The van der Waals surface area contributed by atoms with Crippen molar-refractivity contribution in [2.24, 2.45) is 11.8 Å². The third-order valence-electron chi connectivity index (χ3n) is 7.97. The molecule has 0 aliphatic carbocycles. The Hall–Kier alpha value is -2.99. The zero-order chi connectivity index (χ0) is 31.2. The van der Waals surface area contributed by atoms with Crippen LogP contribution >= 0.6 is 0 Å². The molecule has 0 saturated carbocycles. The van der Waals surface area contributed by atoms with Gasteiger partial charge >= 0.3 is 6.09 Å². The summed E-state index contributed by atoms with van der Waals surface area (Å²) in [5, 5.41) is 23.6. The summed E-state index contributed by atoms with van der Waals surface area (Å²) >= 11 is 0. The summed E-state index contributed by atoms with van der Waals surface area (Å²) in [6.45, 7) is 14.3. The van der Waals surface area contributed by atoms with E-state index in [0.29, 0.717) is 69.3 Å². The van der Waals surface area contributed by atoms with Crippen molar-refractivity contribution >= 4 is 23.7 Å². The average molecular weight is 591 g/mol. The first kappa shape index (κ1) is 33.5. The summed E-state index contributed by atoms with van der Waals surface area (Å²) in [5.74, 6) is 0.123. The minimum Gasteiger partial charge on any atom is -0.465 e. The van der Waals surface area contributed by atoms with E-state index in [1.54, 1.807) is 30.0 Å². The number of carbonyl (C=O) groups is 3. The number of aromatic nitrogens is 2. The van der Waals surface area contributed by atoms with E-state index in [4.69, 9.17) is 9.72 Å². The first-order valence-corrected chi connectivity index (χ1v) is 15.0. The molecule has 2 atom stereocenters. The van der Waals surface area contributed by atoms with Gasteiger partial charge in [0.25, 0.3) is 5.91 Å². The summed E-state index contributed by atoms with van der Waals surface area (Å²) in [6.07, 6.45) is 2.46. The number of carboxylic acid groups (broad SMARTS) is 1. The molecule has 2 fully saturated rings. The fraction of sp³-hybridized carbons (Fsp3) is 0.767. The summed E-state index contributed by atoms with van der Waals surface area (Å²) < 4.78 is 5.17. The van der Waals surface area contributed by atoms with Gasteiger partial charge in [-0.3, -0.25) is 9.59 Å². The molecule has 42 heavy (non-hydrogen) atoms. The van der Waals surface area contributed by atoms with Crippen molar-refractivity contribution in [2.75, 3.05) is 58.3 Å². The molecule has 0 aromatic carbocycles. The standard InChI is InChI=1S/C30H50N6O6/c1-20(2)17-36(26(38)23-16-32-27(29(3,4)5)33-24(23)31-11-8-14-42-7)22-15-21(18-35(19-22)28(39)40)25(37)34-12-9-30(6,41)10-13-34/h16,20-22,41H,8-15,17-19H2,1-7H3,(H,39,40)(H,31,32,33)/t21-,22+/m1/s1. The lowest BCUT2D eigenvalue weighted by atomic mass is 9.89. The Morgan fingerprint density at radius 2 is 1.86 bits per heavy atom. The van der Waals surface area contributed by atoms with Gasteiger partial charge in [0, 0.05) is 64.6 Å².